The van der Waals surface area contributed by atoms with Gasteiger partial charge < -0.3 is 5.32 Å². The summed E-state index contributed by atoms with van der Waals surface area (Å²) in [6, 6.07) is 3.51. The van der Waals surface area contributed by atoms with Crippen LogP contribution in [-0.2, 0) is 6.42 Å². The Balaban J connectivity index is 2.52. The molecule has 0 spiro atoms. The summed E-state index contributed by atoms with van der Waals surface area (Å²) in [5.41, 5.74) is 2.20. The molecule has 2 rings (SSSR count). The highest BCUT2D eigenvalue weighted by Crippen LogP contribution is 2.27. The number of nitrogens with one attached hydrogen (secondary N) is 1. The van der Waals surface area contributed by atoms with Gasteiger partial charge in [-0.15, -0.1) is 0 Å². The number of rotatable bonds is 0. The highest BCUT2D eigenvalue weighted by atomic mass is 35.5. The average molecular weight is 200 g/mol. The van der Waals surface area contributed by atoms with Gasteiger partial charge in [0.2, 0.25) is 0 Å². The van der Waals surface area contributed by atoms with Crippen molar-refractivity contribution in [2.45, 2.75) is 19.4 Å². The zero-order valence-electron chi connectivity index (χ0n) is 7.40. The Morgan fingerprint density at radius 1 is 1.54 bits per heavy atom. The summed E-state index contributed by atoms with van der Waals surface area (Å²) in [4.78, 5) is 0. The molecule has 0 aromatic heterocycles. The predicted molar refractivity (Wildman–Crippen MR) is 51.5 cm³/mol. The highest BCUT2D eigenvalue weighted by Gasteiger charge is 2.17. The van der Waals surface area contributed by atoms with Crippen LogP contribution < -0.4 is 5.32 Å². The first kappa shape index (κ1) is 8.97. The minimum atomic E-state index is -0.323. The molecule has 1 unspecified atom stereocenters. The molecule has 0 fully saturated rings. The Hall–Kier alpha value is -0.600. The lowest BCUT2D eigenvalue weighted by molar-refractivity contribution is 0.532. The molecule has 3 heteroatoms. The molecule has 1 atom stereocenters. The fourth-order valence-electron chi connectivity index (χ4n) is 1.76. The average Bonchev–Trinajstić information content (AvgIpc) is 2.09. The third-order valence-electron chi connectivity index (χ3n) is 2.49. The van der Waals surface area contributed by atoms with Crippen molar-refractivity contribution in [2.75, 3.05) is 6.54 Å². The fraction of sp³-hybridized carbons (Fsp3) is 0.400. The van der Waals surface area contributed by atoms with E-state index in [9.17, 15) is 4.39 Å². The van der Waals surface area contributed by atoms with Crippen LogP contribution in [0.15, 0.2) is 12.1 Å². The van der Waals surface area contributed by atoms with Gasteiger partial charge in [-0.05, 0) is 43.1 Å². The van der Waals surface area contributed by atoms with Crippen LogP contribution in [0.1, 0.15) is 24.1 Å². The molecule has 1 aromatic carbocycles. The molecule has 0 amide bonds. The lowest BCUT2D eigenvalue weighted by Crippen LogP contribution is -2.27. The first-order valence-electron chi connectivity index (χ1n) is 4.39. The molecule has 0 saturated heterocycles. The Labute approximate surface area is 81.9 Å². The van der Waals surface area contributed by atoms with Gasteiger partial charge >= 0.3 is 0 Å². The van der Waals surface area contributed by atoms with Gasteiger partial charge in [0.05, 0.1) is 5.02 Å². The van der Waals surface area contributed by atoms with E-state index in [1.807, 2.05) is 6.92 Å². The second-order valence-corrected chi connectivity index (χ2v) is 3.80. The van der Waals surface area contributed by atoms with Crippen LogP contribution in [0.2, 0.25) is 5.02 Å². The van der Waals surface area contributed by atoms with E-state index < -0.39 is 0 Å². The van der Waals surface area contributed by atoms with E-state index in [0.717, 1.165) is 24.1 Å². The van der Waals surface area contributed by atoms with Crippen LogP contribution in [0.4, 0.5) is 4.39 Å². The molecule has 0 radical (unpaired) electrons. The molecule has 1 aliphatic heterocycles. The lowest BCUT2D eigenvalue weighted by Gasteiger charge is -2.24. The van der Waals surface area contributed by atoms with Crippen molar-refractivity contribution in [3.05, 3.63) is 34.1 Å². The maximum atomic E-state index is 13.1. The Morgan fingerprint density at radius 3 is 3.08 bits per heavy atom. The number of hydrogen-bond donors (Lipinski definition) is 1. The van der Waals surface area contributed by atoms with Gasteiger partial charge in [0.25, 0.3) is 0 Å². The van der Waals surface area contributed by atoms with Crippen LogP contribution in [0, 0.1) is 5.82 Å². The summed E-state index contributed by atoms with van der Waals surface area (Å²) in [6.07, 6.45) is 0.930. The molecule has 70 valence electrons. The smallest absolute Gasteiger partial charge is 0.142 e. The van der Waals surface area contributed by atoms with Gasteiger partial charge in [-0.2, -0.15) is 0 Å². The van der Waals surface area contributed by atoms with Crippen molar-refractivity contribution in [2.24, 2.45) is 0 Å². The van der Waals surface area contributed by atoms with Crippen molar-refractivity contribution in [3.63, 3.8) is 0 Å². The van der Waals surface area contributed by atoms with Crippen molar-refractivity contribution < 1.29 is 4.39 Å². The molecule has 1 N–H and O–H groups in total. The van der Waals surface area contributed by atoms with E-state index in [-0.39, 0.29) is 16.9 Å². The SMILES string of the molecule is CC1NCCc2cc(Cl)c(F)cc21. The monoisotopic (exact) mass is 199 g/mol. The maximum Gasteiger partial charge on any atom is 0.142 e. The standard InChI is InChI=1S/C10H11ClFN/c1-6-8-5-10(12)9(11)4-7(8)2-3-13-6/h4-6,13H,2-3H2,1H3. The molecule has 1 nitrogen and oxygen atoms in total. The van der Waals surface area contributed by atoms with Crippen molar-refractivity contribution in [1.82, 2.24) is 5.32 Å². The summed E-state index contributed by atoms with van der Waals surface area (Å²) in [5.74, 6) is -0.323. The molecule has 1 aliphatic rings. The normalized spacial score (nSPS) is 21.3. The van der Waals surface area contributed by atoms with Crippen molar-refractivity contribution in [3.8, 4) is 0 Å². The third kappa shape index (κ3) is 1.56. The Bertz CT molecular complexity index is 338. The van der Waals surface area contributed by atoms with Gasteiger partial charge in [-0.25, -0.2) is 4.39 Å². The molecule has 13 heavy (non-hydrogen) atoms. The van der Waals surface area contributed by atoms with Crippen molar-refractivity contribution >= 4 is 11.6 Å². The minimum Gasteiger partial charge on any atom is -0.310 e. The number of halogens is 2. The largest absolute Gasteiger partial charge is 0.310 e. The molecular weight excluding hydrogens is 189 g/mol. The van der Waals surface area contributed by atoms with Gasteiger partial charge in [0.1, 0.15) is 5.82 Å². The van der Waals surface area contributed by atoms with Crippen LogP contribution in [0.5, 0.6) is 0 Å². The second-order valence-electron chi connectivity index (χ2n) is 3.39. The molecule has 0 aliphatic carbocycles. The van der Waals surface area contributed by atoms with Crippen LogP contribution >= 0.6 is 11.6 Å². The fourth-order valence-corrected chi connectivity index (χ4v) is 1.94. The van der Waals surface area contributed by atoms with E-state index in [0.29, 0.717) is 0 Å². The summed E-state index contributed by atoms with van der Waals surface area (Å²) in [7, 11) is 0. The Morgan fingerprint density at radius 2 is 2.31 bits per heavy atom. The summed E-state index contributed by atoms with van der Waals surface area (Å²) >= 11 is 5.70. The zero-order valence-corrected chi connectivity index (χ0v) is 8.16. The van der Waals surface area contributed by atoms with Crippen molar-refractivity contribution in [1.29, 1.82) is 0 Å². The molecule has 1 heterocycles. The zero-order chi connectivity index (χ0) is 9.42. The first-order chi connectivity index (χ1) is 6.18. The van der Waals surface area contributed by atoms with E-state index >= 15 is 0 Å². The van der Waals surface area contributed by atoms with E-state index in [4.69, 9.17) is 11.6 Å². The quantitative estimate of drug-likeness (QED) is 0.678. The predicted octanol–water partition coefficient (Wildman–Crippen LogP) is 2.69. The summed E-state index contributed by atoms with van der Waals surface area (Å²) in [5, 5.41) is 3.50. The van der Waals surface area contributed by atoms with E-state index in [2.05, 4.69) is 5.32 Å². The lowest BCUT2D eigenvalue weighted by atomic mass is 9.95. The number of benzene rings is 1. The molecule has 1 aromatic rings. The maximum absolute atomic E-state index is 13.1. The number of hydrogen-bond acceptors (Lipinski definition) is 1. The van der Waals surface area contributed by atoms with E-state index in [1.165, 1.54) is 6.07 Å². The summed E-state index contributed by atoms with van der Waals surface area (Å²) in [6.45, 7) is 2.97. The van der Waals surface area contributed by atoms with Crippen LogP contribution in [-0.4, -0.2) is 6.54 Å². The van der Waals surface area contributed by atoms with Gasteiger partial charge in [0.15, 0.2) is 0 Å². The molecule has 0 bridgehead atoms. The summed E-state index contributed by atoms with van der Waals surface area (Å²) < 4.78 is 13.1. The Kier molecular flexibility index (Phi) is 2.26. The minimum absolute atomic E-state index is 0.229. The second kappa shape index (κ2) is 3.28. The van der Waals surface area contributed by atoms with Gasteiger partial charge in [-0.1, -0.05) is 11.6 Å². The van der Waals surface area contributed by atoms with Gasteiger partial charge in [0, 0.05) is 6.04 Å². The highest BCUT2D eigenvalue weighted by molar-refractivity contribution is 6.30. The number of fused-ring (bicyclic) bond motifs is 1. The van der Waals surface area contributed by atoms with E-state index in [1.54, 1.807) is 6.07 Å². The topological polar surface area (TPSA) is 12.0 Å². The first-order valence-corrected chi connectivity index (χ1v) is 4.77. The molecular formula is C10H11ClFN. The third-order valence-corrected chi connectivity index (χ3v) is 2.78. The van der Waals surface area contributed by atoms with Crippen LogP contribution in [0.25, 0.3) is 0 Å². The van der Waals surface area contributed by atoms with Crippen LogP contribution in [0.3, 0.4) is 0 Å². The van der Waals surface area contributed by atoms with Gasteiger partial charge in [-0.3, -0.25) is 0 Å². The molecule has 0 saturated carbocycles.